The van der Waals surface area contributed by atoms with E-state index in [1.807, 2.05) is 13.8 Å². The number of carboxylic acids is 1. The van der Waals surface area contributed by atoms with E-state index in [1.54, 1.807) is 27.7 Å². The van der Waals surface area contributed by atoms with Crippen molar-refractivity contribution in [1.82, 2.24) is 53.2 Å². The average molecular weight is 1080 g/mol. The molecule has 0 saturated carbocycles. The van der Waals surface area contributed by atoms with Gasteiger partial charge >= 0.3 is 5.97 Å². The number of nitrogens with one attached hydrogen (secondary N) is 10. The highest BCUT2D eigenvalue weighted by molar-refractivity contribution is 5.98. The number of amides is 9. The molecule has 0 spiro atoms. The molecule has 76 heavy (non-hydrogen) atoms. The molecule has 21 N–H and O–H groups in total. The maximum Gasteiger partial charge on any atom is 0.325 e. The van der Waals surface area contributed by atoms with Gasteiger partial charge in [-0.15, -0.1) is 0 Å². The monoisotopic (exact) mass is 1080 g/mol. The first-order valence-electron chi connectivity index (χ1n) is 25.6. The molecule has 1 saturated heterocycles. The van der Waals surface area contributed by atoms with Crippen molar-refractivity contribution in [2.75, 3.05) is 26.2 Å². The normalized spacial score (nSPS) is 17.1. The van der Waals surface area contributed by atoms with E-state index >= 15 is 0 Å². The quantitative estimate of drug-likeness (QED) is 0.0162. The average Bonchev–Trinajstić information content (AvgIpc) is 3.87. The Morgan fingerprint density at radius 2 is 0.934 bits per heavy atom. The van der Waals surface area contributed by atoms with Crippen LogP contribution in [0.5, 0.6) is 0 Å². The number of aliphatic hydroxyl groups is 2. The summed E-state index contributed by atoms with van der Waals surface area (Å²) in [4.78, 5) is 141. The van der Waals surface area contributed by atoms with Gasteiger partial charge in [0.25, 0.3) is 0 Å². The van der Waals surface area contributed by atoms with Gasteiger partial charge in [-0.3, -0.25) is 57.9 Å². The van der Waals surface area contributed by atoms with Gasteiger partial charge in [-0.1, -0.05) is 41.5 Å². The molecule has 1 heterocycles. The summed E-state index contributed by atoms with van der Waals surface area (Å²) in [7, 11) is 0. The van der Waals surface area contributed by atoms with Crippen LogP contribution in [0.4, 0.5) is 0 Å². The lowest BCUT2D eigenvalue weighted by Crippen LogP contribution is -2.62. The maximum absolute atomic E-state index is 14.2. The van der Waals surface area contributed by atoms with Crippen molar-refractivity contribution in [3.63, 3.8) is 0 Å². The molecule has 29 nitrogen and oxygen atoms in total. The molecule has 0 radical (unpaired) electrons. The number of hydrogen-bond acceptors (Lipinski definition) is 15. The molecular weight excluding hydrogens is 997 g/mol. The minimum atomic E-state index is -1.77. The number of aliphatic hydroxyl groups excluding tert-OH is 2. The minimum Gasteiger partial charge on any atom is -0.480 e. The second-order valence-corrected chi connectivity index (χ2v) is 20.1. The first-order valence-corrected chi connectivity index (χ1v) is 25.6. The number of rotatable bonds is 34. The third-order valence-electron chi connectivity index (χ3n) is 11.8. The fourth-order valence-electron chi connectivity index (χ4n) is 7.62. The summed E-state index contributed by atoms with van der Waals surface area (Å²) in [5.74, 6) is -10.3. The van der Waals surface area contributed by atoms with Crippen LogP contribution in [0.15, 0.2) is 9.98 Å². The van der Waals surface area contributed by atoms with Gasteiger partial charge < -0.3 is 91.4 Å². The van der Waals surface area contributed by atoms with E-state index in [9.17, 15) is 58.2 Å². The molecule has 29 heteroatoms. The smallest absolute Gasteiger partial charge is 0.325 e. The van der Waals surface area contributed by atoms with Crippen molar-refractivity contribution in [3.8, 4) is 0 Å². The predicted octanol–water partition coefficient (Wildman–Crippen LogP) is -5.55. The summed E-state index contributed by atoms with van der Waals surface area (Å²) in [5, 5.41) is 55.8. The van der Waals surface area contributed by atoms with Gasteiger partial charge in [-0.05, 0) is 96.4 Å². The van der Waals surface area contributed by atoms with Crippen LogP contribution >= 0.6 is 0 Å². The highest BCUT2D eigenvalue weighted by Gasteiger charge is 2.37. The number of aliphatic carboxylic acids is 1. The molecule has 11 unspecified atom stereocenters. The van der Waals surface area contributed by atoms with Gasteiger partial charge in [0.2, 0.25) is 53.2 Å². The van der Waals surface area contributed by atoms with E-state index < -0.39 is 132 Å². The lowest BCUT2D eigenvalue weighted by Gasteiger charge is -2.29. The predicted molar refractivity (Wildman–Crippen MR) is 280 cm³/mol. The van der Waals surface area contributed by atoms with Crippen LogP contribution in [-0.4, -0.2) is 179 Å². The zero-order valence-electron chi connectivity index (χ0n) is 45.2. The van der Waals surface area contributed by atoms with Crippen molar-refractivity contribution < 1.29 is 63.3 Å². The van der Waals surface area contributed by atoms with Crippen molar-refractivity contribution in [2.45, 2.75) is 180 Å². The van der Waals surface area contributed by atoms with E-state index in [2.05, 4.69) is 63.2 Å². The van der Waals surface area contributed by atoms with E-state index in [-0.39, 0.29) is 81.3 Å². The first kappa shape index (κ1) is 67.1. The summed E-state index contributed by atoms with van der Waals surface area (Å²) >= 11 is 0. The number of nitrogens with two attached hydrogens (primary N) is 4. The third-order valence-corrected chi connectivity index (χ3v) is 11.8. The molecule has 0 aromatic carbocycles. The summed E-state index contributed by atoms with van der Waals surface area (Å²) in [6.07, 6.45) is 0.00803. The molecule has 11 atom stereocenters. The molecule has 0 aromatic rings. The summed E-state index contributed by atoms with van der Waals surface area (Å²) < 4.78 is 0. The van der Waals surface area contributed by atoms with Crippen LogP contribution in [0.3, 0.4) is 0 Å². The summed E-state index contributed by atoms with van der Waals surface area (Å²) in [6.45, 7) is 13.7. The molecule has 0 bridgehead atoms. The van der Waals surface area contributed by atoms with E-state index in [1.165, 1.54) is 20.8 Å². The topological polar surface area (TPSA) is 480 Å². The number of aliphatic imine (C=N–C) groups is 2. The van der Waals surface area contributed by atoms with Gasteiger partial charge in [0.1, 0.15) is 54.4 Å². The Morgan fingerprint density at radius 1 is 0.526 bits per heavy atom. The SMILES string of the molecule is CC(C)CC(NC(=O)C1CCCN1)C(=O)NC(CCCN=C(N)N)C(=O)NC(CCCN=C(N)N)C(=O)NC(C(=O)NC(CC(C)C)C(=O)NC(CO)C(=O)NC(C(=O)NC(C)C(=O)NC(C)C(=O)O)C(C)C)C(C)O. The van der Waals surface area contributed by atoms with E-state index in [0.29, 0.717) is 13.0 Å². The van der Waals surface area contributed by atoms with Crippen molar-refractivity contribution >= 4 is 71.1 Å². The number of carboxylic acid groups (broad SMARTS) is 1. The largest absolute Gasteiger partial charge is 0.480 e. The third kappa shape index (κ3) is 25.1. The number of guanidine groups is 2. The number of carbonyl (C=O) groups excluding carboxylic acids is 9. The molecule has 1 aliphatic rings. The Morgan fingerprint density at radius 3 is 1.36 bits per heavy atom. The van der Waals surface area contributed by atoms with Gasteiger partial charge in [0.05, 0.1) is 18.8 Å². The van der Waals surface area contributed by atoms with Crippen molar-refractivity contribution in [3.05, 3.63) is 0 Å². The van der Waals surface area contributed by atoms with Gasteiger partial charge in [0, 0.05) is 13.1 Å². The second kappa shape index (κ2) is 33.9. The fourth-order valence-corrected chi connectivity index (χ4v) is 7.62. The van der Waals surface area contributed by atoms with E-state index in [4.69, 9.17) is 28.0 Å². The Balaban J connectivity index is 3.43. The van der Waals surface area contributed by atoms with Crippen LogP contribution in [0.2, 0.25) is 0 Å². The standard InChI is InChI=1S/C47H86N16O13/c1-22(2)19-31(59-37(67)28-13-10-16-52-28)40(70)58-29(14-11-17-53-46(48)49)38(68)57-30(15-12-18-54-47(50)51)39(69)63-35(27(9)65)44(74)60-32(20-23(3)4)41(71)61-33(21-64)42(72)62-34(24(5)6)43(73)55-25(7)36(66)56-26(8)45(75)76/h22-35,52,64-65H,10-21H2,1-9H3,(H,55,73)(H,56,66)(H,57,68)(H,58,70)(H,59,67)(H,60,74)(H,61,71)(H,62,72)(H,63,69)(H,75,76)(H4,48,49,53)(H4,50,51,54). The zero-order valence-corrected chi connectivity index (χ0v) is 45.2. The molecule has 9 amide bonds. The van der Waals surface area contributed by atoms with Crippen LogP contribution < -0.4 is 76.1 Å². The molecule has 1 aliphatic heterocycles. The molecule has 432 valence electrons. The van der Waals surface area contributed by atoms with Crippen LogP contribution in [0.25, 0.3) is 0 Å². The van der Waals surface area contributed by atoms with Crippen molar-refractivity contribution in [2.24, 2.45) is 50.7 Å². The number of nitrogens with zero attached hydrogens (tertiary/aromatic N) is 2. The lowest BCUT2D eigenvalue weighted by molar-refractivity contribution is -0.141. The van der Waals surface area contributed by atoms with Crippen LogP contribution in [0, 0.1) is 17.8 Å². The Bertz CT molecular complexity index is 2020. The zero-order chi connectivity index (χ0) is 58.0. The Labute approximate surface area is 443 Å². The first-order chi connectivity index (χ1) is 35.5. The van der Waals surface area contributed by atoms with Crippen LogP contribution in [-0.2, 0) is 47.9 Å². The maximum atomic E-state index is 14.2. The van der Waals surface area contributed by atoms with Gasteiger partial charge in [-0.25, -0.2) is 0 Å². The Kier molecular flexibility index (Phi) is 30.0. The number of hydrogen-bond donors (Lipinski definition) is 17. The Hall–Kier alpha value is -6.88. The number of carbonyl (C=O) groups is 10. The summed E-state index contributed by atoms with van der Waals surface area (Å²) in [6, 6.07) is -13.0. The van der Waals surface area contributed by atoms with Crippen LogP contribution in [0.1, 0.15) is 114 Å². The molecule has 0 aliphatic carbocycles. The fraction of sp³-hybridized carbons (Fsp3) is 0.745. The highest BCUT2D eigenvalue weighted by atomic mass is 16.4. The molecule has 1 fully saturated rings. The van der Waals surface area contributed by atoms with E-state index in [0.717, 1.165) is 6.42 Å². The molecular formula is C47H86N16O13. The second-order valence-electron chi connectivity index (χ2n) is 20.1. The van der Waals surface area contributed by atoms with Gasteiger partial charge in [0.15, 0.2) is 11.9 Å². The van der Waals surface area contributed by atoms with Gasteiger partial charge in [-0.2, -0.15) is 0 Å². The summed E-state index contributed by atoms with van der Waals surface area (Å²) in [5.41, 5.74) is 22.0. The molecule has 1 rings (SSSR count). The van der Waals surface area contributed by atoms with Crippen molar-refractivity contribution in [1.29, 1.82) is 0 Å². The lowest BCUT2D eigenvalue weighted by atomic mass is 10.0. The highest BCUT2D eigenvalue weighted by Crippen LogP contribution is 2.13. The minimum absolute atomic E-state index is 0.00505. The molecule has 0 aromatic heterocycles.